The molecule has 0 spiro atoms. The van der Waals surface area contributed by atoms with Crippen LogP contribution in [0.2, 0.25) is 0 Å². The Morgan fingerprint density at radius 2 is 2.13 bits per heavy atom. The van der Waals surface area contributed by atoms with Crippen LogP contribution in [-0.4, -0.2) is 15.0 Å². The molecule has 1 N–H and O–H groups in total. The number of halogens is 1. The summed E-state index contributed by atoms with van der Waals surface area (Å²) in [5, 5.41) is 1.06. The van der Waals surface area contributed by atoms with Gasteiger partial charge in [-0.05, 0) is 6.07 Å². The van der Waals surface area contributed by atoms with Crippen LogP contribution in [-0.2, 0) is 5.88 Å². The Labute approximate surface area is 91.1 Å². The number of benzene rings is 1. The molecule has 0 amide bonds. The van der Waals surface area contributed by atoms with Crippen LogP contribution >= 0.6 is 11.6 Å². The molecule has 74 valence electrons. The molecule has 0 aliphatic rings. The smallest absolute Gasteiger partial charge is 0.0995 e. The number of nitrogens with zero attached hydrogens (tertiary/aromatic N) is 2. The van der Waals surface area contributed by atoms with E-state index in [1.165, 1.54) is 0 Å². The van der Waals surface area contributed by atoms with Gasteiger partial charge in [-0.2, -0.15) is 0 Å². The molecule has 4 heteroatoms. The molecular formula is C11H8ClN3. The van der Waals surface area contributed by atoms with Crippen molar-refractivity contribution in [3.63, 3.8) is 0 Å². The average molecular weight is 218 g/mol. The normalized spacial score (nSPS) is 11.3. The number of pyridine rings is 1. The number of H-pyrrole nitrogens is 1. The topological polar surface area (TPSA) is 41.6 Å². The van der Waals surface area contributed by atoms with E-state index >= 15 is 0 Å². The van der Waals surface area contributed by atoms with Gasteiger partial charge < -0.3 is 4.98 Å². The van der Waals surface area contributed by atoms with Crippen LogP contribution in [0.25, 0.3) is 21.9 Å². The minimum absolute atomic E-state index is 0.392. The zero-order valence-corrected chi connectivity index (χ0v) is 8.62. The lowest BCUT2D eigenvalue weighted by Gasteiger charge is -2.01. The summed E-state index contributed by atoms with van der Waals surface area (Å²) < 4.78 is 0. The van der Waals surface area contributed by atoms with Gasteiger partial charge in [-0.1, -0.05) is 18.2 Å². The minimum Gasteiger partial charge on any atom is -0.343 e. The van der Waals surface area contributed by atoms with E-state index in [0.717, 1.165) is 27.6 Å². The van der Waals surface area contributed by atoms with Gasteiger partial charge in [-0.3, -0.25) is 0 Å². The van der Waals surface area contributed by atoms with Crippen LogP contribution in [0.4, 0.5) is 0 Å². The number of hydrogen-bond donors (Lipinski definition) is 1. The van der Waals surface area contributed by atoms with Crippen molar-refractivity contribution in [1.82, 2.24) is 15.0 Å². The van der Waals surface area contributed by atoms with Gasteiger partial charge in [0.2, 0.25) is 0 Å². The third-order valence-electron chi connectivity index (χ3n) is 2.47. The van der Waals surface area contributed by atoms with E-state index < -0.39 is 0 Å². The van der Waals surface area contributed by atoms with E-state index in [1.54, 1.807) is 6.33 Å². The number of fused-ring (bicyclic) bond motifs is 3. The Morgan fingerprint density at radius 1 is 1.27 bits per heavy atom. The molecule has 2 heterocycles. The number of para-hydroxylation sites is 1. The van der Waals surface area contributed by atoms with Crippen LogP contribution in [0.15, 0.2) is 30.6 Å². The lowest BCUT2D eigenvalue weighted by Crippen LogP contribution is -1.89. The summed E-state index contributed by atoms with van der Waals surface area (Å²) >= 11 is 5.85. The SMILES string of the molecule is ClCc1nc2ccccc2c2nc[nH]c12. The van der Waals surface area contributed by atoms with Crippen molar-refractivity contribution in [1.29, 1.82) is 0 Å². The molecule has 0 unspecified atom stereocenters. The van der Waals surface area contributed by atoms with Gasteiger partial charge in [0, 0.05) is 5.39 Å². The third kappa shape index (κ3) is 1.20. The molecule has 3 rings (SSSR count). The van der Waals surface area contributed by atoms with Crippen molar-refractivity contribution >= 4 is 33.5 Å². The van der Waals surface area contributed by atoms with Gasteiger partial charge in [0.25, 0.3) is 0 Å². The van der Waals surface area contributed by atoms with Gasteiger partial charge in [0.05, 0.1) is 34.5 Å². The lowest BCUT2D eigenvalue weighted by atomic mass is 10.1. The Hall–Kier alpha value is -1.61. The minimum atomic E-state index is 0.392. The standard InChI is InChI=1S/C11H8ClN3/c12-5-9-11-10(13-6-14-11)7-3-1-2-4-8(7)15-9/h1-4,6H,5H2,(H,13,14). The number of nitrogens with one attached hydrogen (secondary N) is 1. The molecule has 1 aromatic carbocycles. The number of imidazole rings is 1. The lowest BCUT2D eigenvalue weighted by molar-refractivity contribution is 1.23. The van der Waals surface area contributed by atoms with Gasteiger partial charge in [-0.15, -0.1) is 11.6 Å². The Balaban J connectivity index is 2.57. The number of rotatable bonds is 1. The maximum Gasteiger partial charge on any atom is 0.0995 e. The van der Waals surface area contributed by atoms with Gasteiger partial charge in [0.1, 0.15) is 0 Å². The number of aromatic nitrogens is 3. The Kier molecular flexibility index (Phi) is 1.86. The number of aromatic amines is 1. The first-order valence-corrected chi connectivity index (χ1v) is 5.20. The predicted molar refractivity (Wildman–Crippen MR) is 61.0 cm³/mol. The maximum absolute atomic E-state index is 5.85. The number of hydrogen-bond acceptors (Lipinski definition) is 2. The number of alkyl halides is 1. The molecule has 0 saturated heterocycles. The summed E-state index contributed by atoms with van der Waals surface area (Å²) in [6, 6.07) is 7.94. The molecule has 0 bridgehead atoms. The first-order valence-electron chi connectivity index (χ1n) is 4.67. The highest BCUT2D eigenvalue weighted by Crippen LogP contribution is 2.23. The van der Waals surface area contributed by atoms with E-state index in [-0.39, 0.29) is 0 Å². The molecule has 0 saturated carbocycles. The zero-order chi connectivity index (χ0) is 10.3. The van der Waals surface area contributed by atoms with Crippen molar-refractivity contribution in [2.24, 2.45) is 0 Å². The molecule has 2 aromatic heterocycles. The van der Waals surface area contributed by atoms with Crippen molar-refractivity contribution in [3.8, 4) is 0 Å². The monoisotopic (exact) mass is 217 g/mol. The Bertz CT molecular complexity index is 630. The first kappa shape index (κ1) is 8.68. The predicted octanol–water partition coefficient (Wildman–Crippen LogP) is 2.85. The van der Waals surface area contributed by atoms with E-state index in [4.69, 9.17) is 11.6 Å². The highest BCUT2D eigenvalue weighted by atomic mass is 35.5. The summed E-state index contributed by atoms with van der Waals surface area (Å²) in [5.41, 5.74) is 3.66. The van der Waals surface area contributed by atoms with E-state index in [9.17, 15) is 0 Å². The van der Waals surface area contributed by atoms with Crippen LogP contribution in [0.5, 0.6) is 0 Å². The van der Waals surface area contributed by atoms with Crippen LogP contribution in [0.1, 0.15) is 5.69 Å². The third-order valence-corrected chi connectivity index (χ3v) is 2.72. The molecule has 15 heavy (non-hydrogen) atoms. The first-order chi connectivity index (χ1) is 7.40. The fourth-order valence-corrected chi connectivity index (χ4v) is 1.98. The summed E-state index contributed by atoms with van der Waals surface area (Å²) in [5.74, 6) is 0.392. The average Bonchev–Trinajstić information content (AvgIpc) is 2.77. The van der Waals surface area contributed by atoms with E-state index in [0.29, 0.717) is 5.88 Å². The fraction of sp³-hybridized carbons (Fsp3) is 0.0909. The van der Waals surface area contributed by atoms with Gasteiger partial charge in [0.15, 0.2) is 0 Å². The largest absolute Gasteiger partial charge is 0.343 e. The van der Waals surface area contributed by atoms with Crippen molar-refractivity contribution in [2.45, 2.75) is 5.88 Å². The molecule has 0 aliphatic heterocycles. The molecule has 0 fully saturated rings. The molecule has 3 aromatic rings. The quantitative estimate of drug-likeness (QED) is 0.637. The van der Waals surface area contributed by atoms with E-state index in [1.807, 2.05) is 24.3 Å². The van der Waals surface area contributed by atoms with Crippen molar-refractivity contribution in [3.05, 3.63) is 36.3 Å². The highest BCUT2D eigenvalue weighted by Gasteiger charge is 2.08. The second-order valence-corrected chi connectivity index (χ2v) is 3.60. The van der Waals surface area contributed by atoms with Crippen molar-refractivity contribution < 1.29 is 0 Å². The van der Waals surface area contributed by atoms with Crippen LogP contribution in [0, 0.1) is 0 Å². The van der Waals surface area contributed by atoms with E-state index in [2.05, 4.69) is 15.0 Å². The van der Waals surface area contributed by atoms with Gasteiger partial charge >= 0.3 is 0 Å². The summed E-state index contributed by atoms with van der Waals surface area (Å²) in [7, 11) is 0. The maximum atomic E-state index is 5.85. The molecular weight excluding hydrogens is 210 g/mol. The second-order valence-electron chi connectivity index (χ2n) is 3.34. The Morgan fingerprint density at radius 3 is 3.00 bits per heavy atom. The second kappa shape index (κ2) is 3.21. The summed E-state index contributed by atoms with van der Waals surface area (Å²) in [6.07, 6.45) is 1.68. The summed E-state index contributed by atoms with van der Waals surface area (Å²) in [4.78, 5) is 11.9. The zero-order valence-electron chi connectivity index (χ0n) is 7.87. The fourth-order valence-electron chi connectivity index (χ4n) is 1.79. The van der Waals surface area contributed by atoms with Crippen LogP contribution < -0.4 is 0 Å². The molecule has 0 radical (unpaired) electrons. The van der Waals surface area contributed by atoms with Gasteiger partial charge in [-0.25, -0.2) is 9.97 Å². The highest BCUT2D eigenvalue weighted by molar-refractivity contribution is 6.18. The molecule has 3 nitrogen and oxygen atoms in total. The van der Waals surface area contributed by atoms with Crippen LogP contribution in [0.3, 0.4) is 0 Å². The molecule has 0 atom stereocenters. The van der Waals surface area contributed by atoms with Crippen molar-refractivity contribution in [2.75, 3.05) is 0 Å². The molecule has 0 aliphatic carbocycles. The summed E-state index contributed by atoms with van der Waals surface area (Å²) in [6.45, 7) is 0.